The molecule has 0 N–H and O–H groups in total. The normalized spacial score (nSPS) is 10.5. The van der Waals surface area contributed by atoms with Crippen molar-refractivity contribution in [1.29, 1.82) is 0 Å². The number of rotatable bonds is 5. The number of amides is 1. The molecule has 0 aliphatic rings. The lowest BCUT2D eigenvalue weighted by atomic mass is 9.99. The second-order valence-corrected chi connectivity index (χ2v) is 6.30. The highest BCUT2D eigenvalue weighted by Gasteiger charge is 2.14. The molecule has 0 radical (unpaired) electrons. The first-order valence-corrected chi connectivity index (χ1v) is 8.39. The zero-order valence-corrected chi connectivity index (χ0v) is 13.8. The predicted octanol–water partition coefficient (Wildman–Crippen LogP) is 4.36. The van der Waals surface area contributed by atoms with Crippen LogP contribution in [0.3, 0.4) is 0 Å². The minimum Gasteiger partial charge on any atom is -0.332 e. The minimum atomic E-state index is 0.0584. The molecule has 0 saturated carbocycles. The van der Waals surface area contributed by atoms with Gasteiger partial charge in [-0.3, -0.25) is 4.79 Å². The van der Waals surface area contributed by atoms with E-state index >= 15 is 0 Å². The summed E-state index contributed by atoms with van der Waals surface area (Å²) in [5.74, 6) is 0.0584. The lowest BCUT2D eigenvalue weighted by Gasteiger charge is -2.21. The SMILES string of the molecule is CC(=O)N(Cc1nccs1)Cc1ccccc1-c1ccccc1. The van der Waals surface area contributed by atoms with Crippen LogP contribution in [0.2, 0.25) is 0 Å². The average Bonchev–Trinajstić information content (AvgIpc) is 3.08. The van der Waals surface area contributed by atoms with Crippen LogP contribution in [0.1, 0.15) is 17.5 Å². The van der Waals surface area contributed by atoms with E-state index < -0.39 is 0 Å². The molecule has 1 amide bonds. The van der Waals surface area contributed by atoms with Crippen LogP contribution in [0.15, 0.2) is 66.2 Å². The van der Waals surface area contributed by atoms with E-state index in [9.17, 15) is 4.79 Å². The van der Waals surface area contributed by atoms with Crippen LogP contribution in [0, 0.1) is 0 Å². The van der Waals surface area contributed by atoms with Crippen LogP contribution in [0.25, 0.3) is 11.1 Å². The molecule has 0 saturated heterocycles. The third-order valence-corrected chi connectivity index (χ3v) is 4.48. The van der Waals surface area contributed by atoms with Crippen molar-refractivity contribution in [3.05, 3.63) is 76.7 Å². The fraction of sp³-hybridized carbons (Fsp3) is 0.158. The number of hydrogen-bond donors (Lipinski definition) is 0. The molecule has 1 heterocycles. The van der Waals surface area contributed by atoms with Gasteiger partial charge in [-0.05, 0) is 16.7 Å². The Hall–Kier alpha value is -2.46. The van der Waals surface area contributed by atoms with Crippen molar-refractivity contribution in [3.8, 4) is 11.1 Å². The molecule has 3 rings (SSSR count). The van der Waals surface area contributed by atoms with Gasteiger partial charge in [-0.2, -0.15) is 0 Å². The van der Waals surface area contributed by atoms with Crippen molar-refractivity contribution in [2.45, 2.75) is 20.0 Å². The van der Waals surface area contributed by atoms with Gasteiger partial charge in [-0.15, -0.1) is 11.3 Å². The molecule has 23 heavy (non-hydrogen) atoms. The number of thiazole rings is 1. The highest BCUT2D eigenvalue weighted by Crippen LogP contribution is 2.25. The molecule has 0 unspecified atom stereocenters. The highest BCUT2D eigenvalue weighted by molar-refractivity contribution is 7.09. The molecule has 0 bridgehead atoms. The van der Waals surface area contributed by atoms with E-state index in [2.05, 4.69) is 29.2 Å². The average molecular weight is 322 g/mol. The number of carbonyl (C=O) groups excluding carboxylic acids is 1. The zero-order chi connectivity index (χ0) is 16.1. The molecule has 3 nitrogen and oxygen atoms in total. The van der Waals surface area contributed by atoms with Crippen LogP contribution < -0.4 is 0 Å². The topological polar surface area (TPSA) is 33.2 Å². The molecular weight excluding hydrogens is 304 g/mol. The molecule has 0 aliphatic heterocycles. The Morgan fingerprint density at radius 2 is 1.78 bits per heavy atom. The largest absolute Gasteiger partial charge is 0.332 e. The quantitative estimate of drug-likeness (QED) is 0.699. The zero-order valence-electron chi connectivity index (χ0n) is 13.0. The molecule has 1 aromatic heterocycles. The summed E-state index contributed by atoms with van der Waals surface area (Å²) in [4.78, 5) is 18.1. The summed E-state index contributed by atoms with van der Waals surface area (Å²) in [6, 6.07) is 18.5. The summed E-state index contributed by atoms with van der Waals surface area (Å²) in [5, 5.41) is 2.89. The number of hydrogen-bond acceptors (Lipinski definition) is 3. The van der Waals surface area contributed by atoms with E-state index in [4.69, 9.17) is 0 Å². The van der Waals surface area contributed by atoms with E-state index in [1.54, 1.807) is 24.5 Å². The van der Waals surface area contributed by atoms with E-state index in [0.717, 1.165) is 10.6 Å². The van der Waals surface area contributed by atoms with Gasteiger partial charge in [0.25, 0.3) is 0 Å². The first kappa shape index (κ1) is 15.4. The van der Waals surface area contributed by atoms with Gasteiger partial charge >= 0.3 is 0 Å². The van der Waals surface area contributed by atoms with Crippen LogP contribution in [-0.2, 0) is 17.9 Å². The Morgan fingerprint density at radius 3 is 2.48 bits per heavy atom. The van der Waals surface area contributed by atoms with Gasteiger partial charge in [-0.1, -0.05) is 54.6 Å². The number of nitrogens with zero attached hydrogens (tertiary/aromatic N) is 2. The molecule has 2 aromatic carbocycles. The molecule has 116 valence electrons. The molecule has 0 fully saturated rings. The smallest absolute Gasteiger partial charge is 0.220 e. The summed E-state index contributed by atoms with van der Waals surface area (Å²) in [7, 11) is 0. The third-order valence-electron chi connectivity index (χ3n) is 3.72. The first-order chi connectivity index (χ1) is 11.2. The Kier molecular flexibility index (Phi) is 4.83. The lowest BCUT2D eigenvalue weighted by molar-refractivity contribution is -0.130. The van der Waals surface area contributed by atoms with Gasteiger partial charge in [0, 0.05) is 25.0 Å². The summed E-state index contributed by atoms with van der Waals surface area (Å²) in [6.45, 7) is 2.74. The van der Waals surface area contributed by atoms with Crippen molar-refractivity contribution < 1.29 is 4.79 Å². The van der Waals surface area contributed by atoms with Gasteiger partial charge in [0.15, 0.2) is 0 Å². The number of carbonyl (C=O) groups is 1. The first-order valence-electron chi connectivity index (χ1n) is 7.51. The summed E-state index contributed by atoms with van der Waals surface area (Å²) >= 11 is 1.57. The summed E-state index contributed by atoms with van der Waals surface area (Å²) in [6.07, 6.45) is 1.77. The molecule has 0 atom stereocenters. The van der Waals surface area contributed by atoms with Gasteiger partial charge < -0.3 is 4.90 Å². The predicted molar refractivity (Wildman–Crippen MR) is 93.9 cm³/mol. The van der Waals surface area contributed by atoms with E-state index in [0.29, 0.717) is 13.1 Å². The number of aromatic nitrogens is 1. The van der Waals surface area contributed by atoms with Crippen molar-refractivity contribution >= 4 is 17.2 Å². The monoisotopic (exact) mass is 322 g/mol. The molecular formula is C19H18N2OS. The maximum atomic E-state index is 12.0. The lowest BCUT2D eigenvalue weighted by Crippen LogP contribution is -2.27. The van der Waals surface area contributed by atoms with E-state index in [1.807, 2.05) is 40.6 Å². The molecule has 0 spiro atoms. The van der Waals surface area contributed by atoms with Crippen molar-refractivity contribution in [3.63, 3.8) is 0 Å². The Labute approximate surface area is 140 Å². The standard InChI is InChI=1S/C19H18N2OS/c1-15(22)21(14-19-20-11-12-23-19)13-17-9-5-6-10-18(17)16-7-3-2-4-8-16/h2-12H,13-14H2,1H3. The maximum absolute atomic E-state index is 12.0. The molecule has 3 aromatic rings. The van der Waals surface area contributed by atoms with Gasteiger partial charge in [0.2, 0.25) is 5.91 Å². The Bertz CT molecular complexity index is 769. The third kappa shape index (κ3) is 3.85. The van der Waals surface area contributed by atoms with Gasteiger partial charge in [0.1, 0.15) is 5.01 Å². The van der Waals surface area contributed by atoms with Gasteiger partial charge in [0.05, 0.1) is 6.54 Å². The van der Waals surface area contributed by atoms with Crippen LogP contribution >= 0.6 is 11.3 Å². The van der Waals surface area contributed by atoms with Crippen LogP contribution in [0.4, 0.5) is 0 Å². The van der Waals surface area contributed by atoms with E-state index in [1.165, 1.54) is 11.1 Å². The second kappa shape index (κ2) is 7.20. The van der Waals surface area contributed by atoms with Crippen LogP contribution in [0.5, 0.6) is 0 Å². The fourth-order valence-electron chi connectivity index (χ4n) is 2.54. The Morgan fingerprint density at radius 1 is 1.04 bits per heavy atom. The number of benzene rings is 2. The summed E-state index contributed by atoms with van der Waals surface area (Å²) in [5.41, 5.74) is 3.48. The fourth-order valence-corrected chi connectivity index (χ4v) is 3.17. The molecule has 4 heteroatoms. The highest BCUT2D eigenvalue weighted by atomic mass is 32.1. The molecule has 0 aliphatic carbocycles. The van der Waals surface area contributed by atoms with Crippen LogP contribution in [-0.4, -0.2) is 15.8 Å². The van der Waals surface area contributed by atoms with Crippen molar-refractivity contribution in [2.24, 2.45) is 0 Å². The van der Waals surface area contributed by atoms with E-state index in [-0.39, 0.29) is 5.91 Å². The second-order valence-electron chi connectivity index (χ2n) is 5.32. The van der Waals surface area contributed by atoms with Crippen molar-refractivity contribution in [1.82, 2.24) is 9.88 Å². The van der Waals surface area contributed by atoms with Crippen molar-refractivity contribution in [2.75, 3.05) is 0 Å². The Balaban J connectivity index is 1.87. The summed E-state index contributed by atoms with van der Waals surface area (Å²) < 4.78 is 0. The van der Waals surface area contributed by atoms with Gasteiger partial charge in [-0.25, -0.2) is 4.98 Å². The minimum absolute atomic E-state index is 0.0584. The maximum Gasteiger partial charge on any atom is 0.220 e.